The summed E-state index contributed by atoms with van der Waals surface area (Å²) in [6.07, 6.45) is 6.78. The lowest BCUT2D eigenvalue weighted by Crippen LogP contribution is -2.38. The van der Waals surface area contributed by atoms with Gasteiger partial charge in [0.1, 0.15) is 0 Å². The summed E-state index contributed by atoms with van der Waals surface area (Å²) in [7, 11) is 0. The first kappa shape index (κ1) is 8.01. The SMILES string of the molecule is NC1CCC2(CCC2)c2sccc21. The third-order valence-electron chi connectivity index (χ3n) is 3.82. The van der Waals surface area contributed by atoms with Crippen LogP contribution in [0.2, 0.25) is 0 Å². The topological polar surface area (TPSA) is 26.0 Å². The zero-order valence-corrected chi connectivity index (χ0v) is 8.57. The van der Waals surface area contributed by atoms with Gasteiger partial charge in [0, 0.05) is 16.3 Å². The Bertz CT molecular complexity index is 325. The van der Waals surface area contributed by atoms with Gasteiger partial charge in [-0.05, 0) is 42.7 Å². The van der Waals surface area contributed by atoms with Gasteiger partial charge in [-0.25, -0.2) is 0 Å². The van der Waals surface area contributed by atoms with E-state index in [4.69, 9.17) is 5.73 Å². The molecule has 2 aliphatic rings. The van der Waals surface area contributed by atoms with Crippen LogP contribution in [0.15, 0.2) is 11.4 Å². The highest BCUT2D eigenvalue weighted by Crippen LogP contribution is 2.54. The Morgan fingerprint density at radius 1 is 1.38 bits per heavy atom. The Hall–Kier alpha value is -0.340. The van der Waals surface area contributed by atoms with Crippen LogP contribution in [0.3, 0.4) is 0 Å². The van der Waals surface area contributed by atoms with E-state index < -0.39 is 0 Å². The van der Waals surface area contributed by atoms with Crippen molar-refractivity contribution in [2.45, 2.75) is 43.6 Å². The van der Waals surface area contributed by atoms with Crippen LogP contribution < -0.4 is 5.73 Å². The molecule has 1 spiro atoms. The van der Waals surface area contributed by atoms with Crippen molar-refractivity contribution in [2.75, 3.05) is 0 Å². The number of fused-ring (bicyclic) bond motifs is 2. The molecule has 2 aliphatic carbocycles. The van der Waals surface area contributed by atoms with E-state index in [1.165, 1.54) is 37.7 Å². The molecular weight excluding hydrogens is 178 g/mol. The predicted octanol–water partition coefficient (Wildman–Crippen LogP) is 2.96. The minimum absolute atomic E-state index is 0.326. The molecule has 1 aromatic heterocycles. The van der Waals surface area contributed by atoms with Gasteiger partial charge in [0.2, 0.25) is 0 Å². The van der Waals surface area contributed by atoms with E-state index in [-0.39, 0.29) is 0 Å². The van der Waals surface area contributed by atoms with Gasteiger partial charge in [0.25, 0.3) is 0 Å². The van der Waals surface area contributed by atoms with Gasteiger partial charge in [0.05, 0.1) is 0 Å². The van der Waals surface area contributed by atoms with E-state index in [1.807, 2.05) is 11.3 Å². The highest BCUT2D eigenvalue weighted by Gasteiger charge is 2.44. The summed E-state index contributed by atoms with van der Waals surface area (Å²) in [4.78, 5) is 1.62. The lowest BCUT2D eigenvalue weighted by Gasteiger charge is -2.46. The van der Waals surface area contributed by atoms with Crippen LogP contribution >= 0.6 is 11.3 Å². The Morgan fingerprint density at radius 2 is 2.23 bits per heavy atom. The molecule has 1 heterocycles. The van der Waals surface area contributed by atoms with E-state index in [2.05, 4.69) is 11.4 Å². The molecule has 0 saturated heterocycles. The predicted molar refractivity (Wildman–Crippen MR) is 56.0 cm³/mol. The molecule has 13 heavy (non-hydrogen) atoms. The molecular formula is C11H15NS. The van der Waals surface area contributed by atoms with Gasteiger partial charge < -0.3 is 5.73 Å². The average molecular weight is 193 g/mol. The summed E-state index contributed by atoms with van der Waals surface area (Å²) >= 11 is 1.93. The van der Waals surface area contributed by atoms with E-state index in [9.17, 15) is 0 Å². The maximum atomic E-state index is 6.10. The summed E-state index contributed by atoms with van der Waals surface area (Å²) in [5, 5.41) is 2.22. The highest BCUT2D eigenvalue weighted by atomic mass is 32.1. The fourth-order valence-electron chi connectivity index (χ4n) is 2.82. The lowest BCUT2D eigenvalue weighted by atomic mass is 9.61. The van der Waals surface area contributed by atoms with Crippen LogP contribution in [0.1, 0.15) is 48.6 Å². The van der Waals surface area contributed by atoms with Gasteiger partial charge in [-0.15, -0.1) is 11.3 Å². The average Bonchev–Trinajstić information content (AvgIpc) is 2.51. The summed E-state index contributed by atoms with van der Waals surface area (Å²) in [5.74, 6) is 0. The van der Waals surface area contributed by atoms with Crippen molar-refractivity contribution in [1.82, 2.24) is 0 Å². The van der Waals surface area contributed by atoms with Crippen molar-refractivity contribution in [1.29, 1.82) is 0 Å². The van der Waals surface area contributed by atoms with Gasteiger partial charge in [-0.3, -0.25) is 0 Å². The highest BCUT2D eigenvalue weighted by molar-refractivity contribution is 7.10. The minimum Gasteiger partial charge on any atom is -0.324 e. The Balaban J connectivity index is 2.09. The van der Waals surface area contributed by atoms with Gasteiger partial charge in [-0.1, -0.05) is 6.42 Å². The molecule has 0 radical (unpaired) electrons. The maximum Gasteiger partial charge on any atom is 0.0306 e. The summed E-state index contributed by atoms with van der Waals surface area (Å²) in [6, 6.07) is 2.57. The van der Waals surface area contributed by atoms with Crippen molar-refractivity contribution in [3.8, 4) is 0 Å². The van der Waals surface area contributed by atoms with Crippen LogP contribution in [0.25, 0.3) is 0 Å². The molecule has 1 aromatic rings. The molecule has 0 aromatic carbocycles. The van der Waals surface area contributed by atoms with Crippen molar-refractivity contribution in [3.05, 3.63) is 21.9 Å². The van der Waals surface area contributed by atoms with Crippen molar-refractivity contribution in [3.63, 3.8) is 0 Å². The van der Waals surface area contributed by atoms with Crippen LogP contribution in [-0.4, -0.2) is 0 Å². The monoisotopic (exact) mass is 193 g/mol. The van der Waals surface area contributed by atoms with Gasteiger partial charge in [-0.2, -0.15) is 0 Å². The van der Waals surface area contributed by atoms with E-state index in [0.29, 0.717) is 11.5 Å². The first-order chi connectivity index (χ1) is 6.32. The number of rotatable bonds is 0. The van der Waals surface area contributed by atoms with Crippen molar-refractivity contribution in [2.24, 2.45) is 5.73 Å². The second-order valence-electron chi connectivity index (χ2n) is 4.48. The first-order valence-corrected chi connectivity index (χ1v) is 6.03. The molecule has 70 valence electrons. The quantitative estimate of drug-likeness (QED) is 0.673. The van der Waals surface area contributed by atoms with Crippen molar-refractivity contribution >= 4 is 11.3 Å². The Labute approximate surface area is 83.0 Å². The van der Waals surface area contributed by atoms with E-state index in [1.54, 1.807) is 4.88 Å². The molecule has 2 N–H and O–H groups in total. The molecule has 3 rings (SSSR count). The summed E-state index contributed by atoms with van der Waals surface area (Å²) in [6.45, 7) is 0. The van der Waals surface area contributed by atoms with Crippen LogP contribution in [-0.2, 0) is 5.41 Å². The molecule has 1 atom stereocenters. The fraction of sp³-hybridized carbons (Fsp3) is 0.636. The molecule has 2 heteroatoms. The molecule has 1 unspecified atom stereocenters. The van der Waals surface area contributed by atoms with Gasteiger partial charge >= 0.3 is 0 Å². The maximum absolute atomic E-state index is 6.10. The fourth-order valence-corrected chi connectivity index (χ4v) is 4.09. The Kier molecular flexibility index (Phi) is 1.59. The van der Waals surface area contributed by atoms with Crippen LogP contribution in [0.5, 0.6) is 0 Å². The minimum atomic E-state index is 0.326. The number of nitrogens with two attached hydrogens (primary N) is 1. The van der Waals surface area contributed by atoms with Gasteiger partial charge in [0.15, 0.2) is 0 Å². The molecule has 1 saturated carbocycles. The van der Waals surface area contributed by atoms with E-state index in [0.717, 1.165) is 0 Å². The van der Waals surface area contributed by atoms with Crippen molar-refractivity contribution < 1.29 is 0 Å². The second-order valence-corrected chi connectivity index (χ2v) is 5.40. The molecule has 1 nitrogen and oxygen atoms in total. The number of thiophene rings is 1. The third-order valence-corrected chi connectivity index (χ3v) is 5.00. The Morgan fingerprint density at radius 3 is 2.92 bits per heavy atom. The first-order valence-electron chi connectivity index (χ1n) is 5.15. The third kappa shape index (κ3) is 0.960. The smallest absolute Gasteiger partial charge is 0.0306 e. The molecule has 1 fully saturated rings. The number of hydrogen-bond donors (Lipinski definition) is 1. The number of hydrogen-bond acceptors (Lipinski definition) is 2. The molecule has 0 bridgehead atoms. The molecule has 0 aliphatic heterocycles. The zero-order valence-electron chi connectivity index (χ0n) is 7.75. The standard InChI is InChI=1S/C11H15NS/c12-9-2-6-11(4-1-5-11)10-8(9)3-7-13-10/h3,7,9H,1-2,4-6,12H2. The normalized spacial score (nSPS) is 29.8. The summed E-state index contributed by atoms with van der Waals surface area (Å²) < 4.78 is 0. The van der Waals surface area contributed by atoms with E-state index >= 15 is 0 Å². The molecule has 0 amide bonds. The zero-order chi connectivity index (χ0) is 8.89. The van der Waals surface area contributed by atoms with Crippen LogP contribution in [0, 0.1) is 0 Å². The van der Waals surface area contributed by atoms with Crippen LogP contribution in [0.4, 0.5) is 0 Å². The summed E-state index contributed by atoms with van der Waals surface area (Å²) in [5.41, 5.74) is 8.13. The lowest BCUT2D eigenvalue weighted by molar-refractivity contribution is 0.205. The largest absolute Gasteiger partial charge is 0.324 e. The second kappa shape index (κ2) is 2.58.